The van der Waals surface area contributed by atoms with Gasteiger partial charge in [-0.2, -0.15) is 4.57 Å². The second kappa shape index (κ2) is 5.73. The number of carbonyl (C=O) groups excluding carboxylic acids is 1. The van der Waals surface area contributed by atoms with E-state index in [1.165, 1.54) is 0 Å². The van der Waals surface area contributed by atoms with Crippen LogP contribution >= 0.6 is 15.9 Å². The highest BCUT2D eigenvalue weighted by Crippen LogP contribution is 2.02. The second-order valence-electron chi connectivity index (χ2n) is 3.74. The molecule has 0 unspecified atom stereocenters. The Hall–Kier alpha value is -1.48. The Morgan fingerprint density at radius 2 is 1.76 bits per heavy atom. The first-order valence-corrected chi connectivity index (χ1v) is 6.55. The molecule has 0 saturated heterocycles. The van der Waals surface area contributed by atoms with Gasteiger partial charge >= 0.3 is 0 Å². The summed E-state index contributed by atoms with van der Waals surface area (Å²) in [6, 6.07) is 15.3. The maximum atomic E-state index is 12.0. The standard InChI is InChI=1S/C14H13BrNO/c15-10-13-8-4-5-9-16(13)11-14(17)12-6-2-1-3-7-12/h1-9H,10-11H2/q+1. The van der Waals surface area contributed by atoms with Crippen LogP contribution in [0.3, 0.4) is 0 Å². The first-order valence-electron chi connectivity index (χ1n) is 5.43. The summed E-state index contributed by atoms with van der Waals surface area (Å²) in [5.41, 5.74) is 1.85. The minimum absolute atomic E-state index is 0.129. The van der Waals surface area contributed by atoms with Gasteiger partial charge in [0.1, 0.15) is 0 Å². The lowest BCUT2D eigenvalue weighted by Gasteiger charge is -2.01. The van der Waals surface area contributed by atoms with Crippen LogP contribution in [0.4, 0.5) is 0 Å². The van der Waals surface area contributed by atoms with Crippen molar-refractivity contribution in [3.8, 4) is 0 Å². The fraction of sp³-hybridized carbons (Fsp3) is 0.143. The first kappa shape index (κ1) is 12.0. The van der Waals surface area contributed by atoms with E-state index in [0.717, 1.165) is 16.6 Å². The van der Waals surface area contributed by atoms with E-state index in [0.29, 0.717) is 6.54 Å². The number of carbonyl (C=O) groups is 1. The van der Waals surface area contributed by atoms with Gasteiger partial charge in [-0.3, -0.25) is 4.79 Å². The van der Waals surface area contributed by atoms with Gasteiger partial charge in [-0.25, -0.2) is 0 Å². The molecule has 0 atom stereocenters. The summed E-state index contributed by atoms with van der Waals surface area (Å²) in [4.78, 5) is 12.0. The lowest BCUT2D eigenvalue weighted by Crippen LogP contribution is -2.41. The minimum Gasteiger partial charge on any atom is -0.287 e. The Kier molecular flexibility index (Phi) is 4.04. The minimum atomic E-state index is 0.129. The SMILES string of the molecule is O=C(C[n+]1ccccc1CBr)c1ccccc1. The quantitative estimate of drug-likeness (QED) is 0.482. The smallest absolute Gasteiger partial charge is 0.227 e. The molecule has 0 fully saturated rings. The molecule has 0 aliphatic rings. The van der Waals surface area contributed by atoms with Gasteiger partial charge in [-0.1, -0.05) is 52.3 Å². The molecule has 0 bridgehead atoms. The van der Waals surface area contributed by atoms with Crippen LogP contribution in [0.2, 0.25) is 0 Å². The summed E-state index contributed by atoms with van der Waals surface area (Å²) in [6.07, 6.45) is 1.93. The van der Waals surface area contributed by atoms with E-state index >= 15 is 0 Å². The molecule has 0 spiro atoms. The van der Waals surface area contributed by atoms with Crippen LogP contribution in [-0.2, 0) is 11.9 Å². The largest absolute Gasteiger partial charge is 0.287 e. The predicted octanol–water partition coefficient (Wildman–Crippen LogP) is 2.75. The number of rotatable bonds is 4. The number of benzene rings is 1. The molecule has 2 nitrogen and oxygen atoms in total. The molecule has 1 aromatic carbocycles. The third kappa shape index (κ3) is 3.01. The fourth-order valence-corrected chi connectivity index (χ4v) is 2.17. The van der Waals surface area contributed by atoms with E-state index < -0.39 is 0 Å². The average molecular weight is 291 g/mol. The lowest BCUT2D eigenvalue weighted by atomic mass is 10.1. The summed E-state index contributed by atoms with van der Waals surface area (Å²) in [5.74, 6) is 0.129. The topological polar surface area (TPSA) is 20.9 Å². The van der Waals surface area contributed by atoms with Gasteiger partial charge in [0.15, 0.2) is 11.9 Å². The van der Waals surface area contributed by atoms with Gasteiger partial charge < -0.3 is 0 Å². The molecule has 0 saturated carbocycles. The highest BCUT2D eigenvalue weighted by Gasteiger charge is 2.14. The van der Waals surface area contributed by atoms with Crippen LogP contribution in [-0.4, -0.2) is 5.78 Å². The van der Waals surface area contributed by atoms with Gasteiger partial charge in [0, 0.05) is 17.7 Å². The zero-order valence-electron chi connectivity index (χ0n) is 9.34. The predicted molar refractivity (Wildman–Crippen MR) is 70.0 cm³/mol. The highest BCUT2D eigenvalue weighted by molar-refractivity contribution is 9.08. The molecular formula is C14H13BrNO+. The number of halogens is 1. The Morgan fingerprint density at radius 1 is 1.06 bits per heavy atom. The van der Waals surface area contributed by atoms with E-state index in [-0.39, 0.29) is 5.78 Å². The van der Waals surface area contributed by atoms with E-state index in [9.17, 15) is 4.79 Å². The second-order valence-corrected chi connectivity index (χ2v) is 4.30. The zero-order valence-corrected chi connectivity index (χ0v) is 10.9. The number of aromatic nitrogens is 1. The summed E-state index contributed by atoms with van der Waals surface area (Å²) in [6.45, 7) is 0.381. The number of ketones is 1. The molecule has 1 aromatic heterocycles. The lowest BCUT2D eigenvalue weighted by molar-refractivity contribution is -0.689. The van der Waals surface area contributed by atoms with Crippen molar-refractivity contribution in [1.82, 2.24) is 0 Å². The summed E-state index contributed by atoms with van der Waals surface area (Å²) < 4.78 is 1.96. The van der Waals surface area contributed by atoms with E-state index in [1.54, 1.807) is 0 Å². The molecule has 0 radical (unpaired) electrons. The Morgan fingerprint density at radius 3 is 2.47 bits per heavy atom. The van der Waals surface area contributed by atoms with Crippen molar-refractivity contribution in [2.45, 2.75) is 11.9 Å². The Bertz CT molecular complexity index is 511. The fourth-order valence-electron chi connectivity index (χ4n) is 1.66. The van der Waals surface area contributed by atoms with E-state index in [1.807, 2.05) is 59.3 Å². The van der Waals surface area contributed by atoms with Crippen molar-refractivity contribution in [3.05, 3.63) is 66.0 Å². The van der Waals surface area contributed by atoms with Gasteiger partial charge in [0.05, 0.1) is 5.33 Å². The van der Waals surface area contributed by atoms with Gasteiger partial charge in [-0.15, -0.1) is 0 Å². The van der Waals surface area contributed by atoms with E-state index in [2.05, 4.69) is 15.9 Å². The van der Waals surface area contributed by atoms with Crippen molar-refractivity contribution in [2.75, 3.05) is 0 Å². The van der Waals surface area contributed by atoms with Crippen molar-refractivity contribution in [1.29, 1.82) is 0 Å². The van der Waals surface area contributed by atoms with Crippen LogP contribution < -0.4 is 4.57 Å². The van der Waals surface area contributed by atoms with Crippen LogP contribution in [0.5, 0.6) is 0 Å². The van der Waals surface area contributed by atoms with Crippen molar-refractivity contribution in [3.63, 3.8) is 0 Å². The first-order chi connectivity index (χ1) is 8.31. The van der Waals surface area contributed by atoms with Gasteiger partial charge in [-0.05, 0) is 0 Å². The van der Waals surface area contributed by atoms with Crippen LogP contribution in [0.25, 0.3) is 0 Å². The van der Waals surface area contributed by atoms with Crippen molar-refractivity contribution >= 4 is 21.7 Å². The molecule has 0 amide bonds. The van der Waals surface area contributed by atoms with Crippen LogP contribution in [0, 0.1) is 0 Å². The highest BCUT2D eigenvalue weighted by atomic mass is 79.9. The molecular weight excluding hydrogens is 278 g/mol. The summed E-state index contributed by atoms with van der Waals surface area (Å²) in [5, 5.41) is 0.746. The molecule has 0 aliphatic carbocycles. The Labute approximate surface area is 109 Å². The number of alkyl halides is 1. The van der Waals surface area contributed by atoms with Gasteiger partial charge in [0.25, 0.3) is 0 Å². The number of Topliss-reactive ketones (excluding diaryl/α,β-unsaturated/α-hetero) is 1. The molecule has 0 aliphatic heterocycles. The molecule has 1 heterocycles. The third-order valence-electron chi connectivity index (χ3n) is 2.58. The monoisotopic (exact) mass is 290 g/mol. The molecule has 17 heavy (non-hydrogen) atoms. The Balaban J connectivity index is 2.19. The number of hydrogen-bond donors (Lipinski definition) is 0. The molecule has 3 heteroatoms. The number of pyridine rings is 1. The van der Waals surface area contributed by atoms with Crippen molar-refractivity contribution < 1.29 is 9.36 Å². The van der Waals surface area contributed by atoms with E-state index in [4.69, 9.17) is 0 Å². The maximum Gasteiger partial charge on any atom is 0.227 e. The normalized spacial score (nSPS) is 10.2. The molecule has 2 rings (SSSR count). The molecule has 86 valence electrons. The zero-order chi connectivity index (χ0) is 12.1. The summed E-state index contributed by atoms with van der Waals surface area (Å²) in [7, 11) is 0. The summed E-state index contributed by atoms with van der Waals surface area (Å²) >= 11 is 3.42. The number of nitrogens with zero attached hydrogens (tertiary/aromatic N) is 1. The van der Waals surface area contributed by atoms with Gasteiger partial charge in [0.2, 0.25) is 12.3 Å². The van der Waals surface area contributed by atoms with Crippen molar-refractivity contribution in [2.24, 2.45) is 0 Å². The van der Waals surface area contributed by atoms with Crippen LogP contribution in [0.1, 0.15) is 16.1 Å². The maximum absolute atomic E-state index is 12.0. The molecule has 0 N–H and O–H groups in total. The average Bonchev–Trinajstić information content (AvgIpc) is 2.40. The van der Waals surface area contributed by atoms with Crippen LogP contribution in [0.15, 0.2) is 54.7 Å². The number of hydrogen-bond acceptors (Lipinski definition) is 1. The third-order valence-corrected chi connectivity index (χ3v) is 3.16. The molecule has 2 aromatic rings.